The summed E-state index contributed by atoms with van der Waals surface area (Å²) in [6.07, 6.45) is 8.12. The quantitative estimate of drug-likeness (QED) is 0.740. The summed E-state index contributed by atoms with van der Waals surface area (Å²) in [5, 5.41) is 1.12. The molecule has 138 valence electrons. The SMILES string of the molecule is Cc1cc(N2CCC3(CCC[C@H]3N)CC2)cnc1-c1cccc(Cl)c1Cl. The van der Waals surface area contributed by atoms with E-state index in [2.05, 4.69) is 17.9 Å². The molecular weight excluding hydrogens is 365 g/mol. The lowest BCUT2D eigenvalue weighted by Gasteiger charge is -2.43. The van der Waals surface area contributed by atoms with Gasteiger partial charge in [-0.1, -0.05) is 41.8 Å². The number of anilines is 1. The first kappa shape index (κ1) is 18.1. The van der Waals surface area contributed by atoms with Crippen LogP contribution in [0.5, 0.6) is 0 Å². The van der Waals surface area contributed by atoms with Crippen LogP contribution in [0.3, 0.4) is 0 Å². The van der Waals surface area contributed by atoms with E-state index in [0.29, 0.717) is 21.5 Å². The zero-order chi connectivity index (χ0) is 18.3. The number of aryl methyl sites for hydroxylation is 1. The number of piperidine rings is 1. The van der Waals surface area contributed by atoms with Gasteiger partial charge in [0.2, 0.25) is 0 Å². The van der Waals surface area contributed by atoms with E-state index in [1.54, 1.807) is 6.07 Å². The lowest BCUT2D eigenvalue weighted by molar-refractivity contribution is 0.198. The van der Waals surface area contributed by atoms with Gasteiger partial charge in [0.25, 0.3) is 0 Å². The molecule has 1 aromatic heterocycles. The molecule has 1 aliphatic carbocycles. The Hall–Kier alpha value is -1.29. The van der Waals surface area contributed by atoms with Crippen molar-refractivity contribution in [1.82, 2.24) is 4.98 Å². The second-order valence-corrected chi connectivity index (χ2v) is 8.59. The monoisotopic (exact) mass is 389 g/mol. The third kappa shape index (κ3) is 3.11. The van der Waals surface area contributed by atoms with Crippen LogP contribution in [0.15, 0.2) is 30.5 Å². The van der Waals surface area contributed by atoms with E-state index in [4.69, 9.17) is 33.9 Å². The Bertz CT molecular complexity index is 813. The molecule has 3 nitrogen and oxygen atoms in total. The molecule has 26 heavy (non-hydrogen) atoms. The van der Waals surface area contributed by atoms with Crippen LogP contribution in [0.2, 0.25) is 10.0 Å². The van der Waals surface area contributed by atoms with Gasteiger partial charge in [0.05, 0.1) is 27.6 Å². The largest absolute Gasteiger partial charge is 0.370 e. The highest BCUT2D eigenvalue weighted by Crippen LogP contribution is 2.46. The molecule has 0 bridgehead atoms. The highest BCUT2D eigenvalue weighted by molar-refractivity contribution is 6.43. The second-order valence-electron chi connectivity index (χ2n) is 7.81. The normalized spacial score (nSPS) is 22.2. The van der Waals surface area contributed by atoms with E-state index in [9.17, 15) is 0 Å². The number of rotatable bonds is 2. The number of hydrogen-bond acceptors (Lipinski definition) is 3. The first-order valence-corrected chi connectivity index (χ1v) is 10.2. The minimum Gasteiger partial charge on any atom is -0.370 e. The molecule has 2 N–H and O–H groups in total. The minimum absolute atomic E-state index is 0.382. The van der Waals surface area contributed by atoms with Crippen molar-refractivity contribution in [3.8, 4) is 11.3 Å². The van der Waals surface area contributed by atoms with Crippen LogP contribution in [0.25, 0.3) is 11.3 Å². The summed E-state index contributed by atoms with van der Waals surface area (Å²) in [6.45, 7) is 4.21. The molecule has 4 rings (SSSR count). The zero-order valence-electron chi connectivity index (χ0n) is 15.1. The molecule has 2 heterocycles. The number of aromatic nitrogens is 1. The number of pyridine rings is 1. The molecule has 1 atom stereocenters. The maximum absolute atomic E-state index is 6.41. The number of halogens is 2. The summed E-state index contributed by atoms with van der Waals surface area (Å²) in [4.78, 5) is 7.16. The molecule has 1 spiro atoms. The molecule has 0 unspecified atom stereocenters. The van der Waals surface area contributed by atoms with Gasteiger partial charge in [0, 0.05) is 24.7 Å². The van der Waals surface area contributed by atoms with Crippen LogP contribution in [-0.4, -0.2) is 24.1 Å². The van der Waals surface area contributed by atoms with Gasteiger partial charge in [-0.2, -0.15) is 0 Å². The highest BCUT2D eigenvalue weighted by Gasteiger charge is 2.42. The van der Waals surface area contributed by atoms with Crippen molar-refractivity contribution in [2.75, 3.05) is 18.0 Å². The topological polar surface area (TPSA) is 42.1 Å². The summed E-state index contributed by atoms with van der Waals surface area (Å²) in [7, 11) is 0. The lowest BCUT2D eigenvalue weighted by atomic mass is 9.74. The van der Waals surface area contributed by atoms with Crippen molar-refractivity contribution in [2.24, 2.45) is 11.1 Å². The van der Waals surface area contributed by atoms with E-state index in [1.165, 1.54) is 37.8 Å². The average molecular weight is 390 g/mol. The summed E-state index contributed by atoms with van der Waals surface area (Å²) < 4.78 is 0. The summed E-state index contributed by atoms with van der Waals surface area (Å²) in [5.74, 6) is 0. The van der Waals surface area contributed by atoms with Gasteiger partial charge in [-0.25, -0.2) is 0 Å². The minimum atomic E-state index is 0.382. The van der Waals surface area contributed by atoms with Crippen LogP contribution in [0.4, 0.5) is 5.69 Å². The second kappa shape index (κ2) is 7.03. The van der Waals surface area contributed by atoms with Crippen molar-refractivity contribution in [3.63, 3.8) is 0 Å². The van der Waals surface area contributed by atoms with Gasteiger partial charge in [-0.15, -0.1) is 0 Å². The molecule has 1 aromatic carbocycles. The highest BCUT2D eigenvalue weighted by atomic mass is 35.5. The third-order valence-corrected chi connectivity index (χ3v) is 7.19. The Morgan fingerprint density at radius 2 is 1.96 bits per heavy atom. The fourth-order valence-corrected chi connectivity index (χ4v) is 5.09. The Kier molecular flexibility index (Phi) is 4.89. The molecular formula is C21H25Cl2N3. The zero-order valence-corrected chi connectivity index (χ0v) is 16.7. The molecule has 2 aliphatic rings. The fraction of sp³-hybridized carbons (Fsp3) is 0.476. The van der Waals surface area contributed by atoms with Crippen molar-refractivity contribution in [2.45, 2.75) is 45.1 Å². The van der Waals surface area contributed by atoms with E-state index < -0.39 is 0 Å². The molecule has 1 aliphatic heterocycles. The van der Waals surface area contributed by atoms with E-state index in [-0.39, 0.29) is 0 Å². The smallest absolute Gasteiger partial charge is 0.0748 e. The van der Waals surface area contributed by atoms with Gasteiger partial charge in [0.15, 0.2) is 0 Å². The maximum Gasteiger partial charge on any atom is 0.0748 e. The predicted molar refractivity (Wildman–Crippen MR) is 110 cm³/mol. The third-order valence-electron chi connectivity index (χ3n) is 6.37. The van der Waals surface area contributed by atoms with Crippen molar-refractivity contribution < 1.29 is 0 Å². The molecule has 1 saturated carbocycles. The number of nitrogens with zero attached hydrogens (tertiary/aromatic N) is 2. The molecule has 5 heteroatoms. The Balaban J connectivity index is 1.55. The van der Waals surface area contributed by atoms with Gasteiger partial charge < -0.3 is 10.6 Å². The van der Waals surface area contributed by atoms with E-state index >= 15 is 0 Å². The van der Waals surface area contributed by atoms with Gasteiger partial charge in [-0.3, -0.25) is 4.98 Å². The van der Waals surface area contributed by atoms with Crippen LogP contribution in [0, 0.1) is 12.3 Å². The van der Waals surface area contributed by atoms with E-state index in [0.717, 1.165) is 29.9 Å². The number of hydrogen-bond donors (Lipinski definition) is 1. The van der Waals surface area contributed by atoms with Crippen molar-refractivity contribution in [3.05, 3.63) is 46.1 Å². The summed E-state index contributed by atoms with van der Waals surface area (Å²) in [6, 6.07) is 8.28. The van der Waals surface area contributed by atoms with Gasteiger partial charge in [0.1, 0.15) is 0 Å². The molecule has 2 aromatic rings. The number of benzene rings is 1. The summed E-state index contributed by atoms with van der Waals surface area (Å²) >= 11 is 12.5. The molecule has 0 amide bonds. The van der Waals surface area contributed by atoms with Crippen molar-refractivity contribution >= 4 is 28.9 Å². The summed E-state index contributed by atoms with van der Waals surface area (Å²) in [5.41, 5.74) is 10.9. The average Bonchev–Trinajstić information content (AvgIpc) is 2.98. The molecule has 0 radical (unpaired) electrons. The first-order valence-electron chi connectivity index (χ1n) is 9.42. The van der Waals surface area contributed by atoms with Gasteiger partial charge in [-0.05, 0) is 55.7 Å². The number of nitrogens with two attached hydrogens (primary N) is 1. The maximum atomic E-state index is 6.41. The Morgan fingerprint density at radius 1 is 1.19 bits per heavy atom. The van der Waals surface area contributed by atoms with Crippen LogP contribution in [0.1, 0.15) is 37.7 Å². The van der Waals surface area contributed by atoms with Crippen LogP contribution >= 0.6 is 23.2 Å². The molecule has 2 fully saturated rings. The van der Waals surface area contributed by atoms with Gasteiger partial charge >= 0.3 is 0 Å². The standard InChI is InChI=1S/C21H25Cl2N3/c1-14-12-15(13-25-20(14)16-4-2-5-17(22)19(16)23)26-10-8-21(9-11-26)7-3-6-18(21)24/h2,4-5,12-13,18H,3,6-11,24H2,1H3/t18-/m1/s1. The first-order chi connectivity index (χ1) is 12.5. The predicted octanol–water partition coefficient (Wildman–Crippen LogP) is 5.46. The van der Waals surface area contributed by atoms with Crippen molar-refractivity contribution in [1.29, 1.82) is 0 Å². The van der Waals surface area contributed by atoms with Crippen LogP contribution < -0.4 is 10.6 Å². The van der Waals surface area contributed by atoms with Crippen LogP contribution in [-0.2, 0) is 0 Å². The molecule has 1 saturated heterocycles. The lowest BCUT2D eigenvalue weighted by Crippen LogP contribution is -2.46. The Labute approximate surface area is 165 Å². The Morgan fingerprint density at radius 3 is 2.62 bits per heavy atom. The fourth-order valence-electron chi connectivity index (χ4n) is 4.70. The van der Waals surface area contributed by atoms with E-state index in [1.807, 2.05) is 18.3 Å².